The first-order valence-electron chi connectivity index (χ1n) is 8.12. The van der Waals surface area contributed by atoms with E-state index in [0.717, 1.165) is 19.0 Å². The van der Waals surface area contributed by atoms with Gasteiger partial charge in [0.25, 0.3) is 5.91 Å². The average molecular weight is 333 g/mol. The van der Waals surface area contributed by atoms with Gasteiger partial charge in [-0.3, -0.25) is 9.69 Å². The predicted octanol–water partition coefficient (Wildman–Crippen LogP) is 3.25. The van der Waals surface area contributed by atoms with E-state index in [2.05, 4.69) is 39.8 Å². The summed E-state index contributed by atoms with van der Waals surface area (Å²) in [6.45, 7) is 6.87. The van der Waals surface area contributed by atoms with Gasteiger partial charge in [-0.1, -0.05) is 18.1 Å². The number of carbonyl (C=O) groups is 1. The number of nitrogens with one attached hydrogen (secondary N) is 1. The number of hydrogen-bond donors (Lipinski definition) is 1. The maximum atomic E-state index is 12.2. The summed E-state index contributed by atoms with van der Waals surface area (Å²) in [5.74, 6) is 1.27. The smallest absolute Gasteiger partial charge is 0.273 e. The molecule has 0 saturated carbocycles. The molecule has 3 heterocycles. The van der Waals surface area contributed by atoms with E-state index in [0.29, 0.717) is 18.0 Å². The largest absolute Gasteiger partial charge is 0.361 e. The maximum absolute atomic E-state index is 12.2. The van der Waals surface area contributed by atoms with Crippen LogP contribution in [0.25, 0.3) is 0 Å². The molecule has 0 radical (unpaired) electrons. The van der Waals surface area contributed by atoms with E-state index in [9.17, 15) is 4.79 Å². The number of rotatable bonds is 5. The van der Waals surface area contributed by atoms with Crippen LogP contribution in [0.15, 0.2) is 28.1 Å². The predicted molar refractivity (Wildman–Crippen MR) is 90.6 cm³/mol. The Hall–Kier alpha value is -1.66. The Kier molecular flexibility index (Phi) is 5.13. The molecule has 1 N–H and O–H groups in total. The van der Waals surface area contributed by atoms with Crippen molar-refractivity contribution in [3.05, 3.63) is 39.9 Å². The lowest BCUT2D eigenvalue weighted by atomic mass is 9.97. The Morgan fingerprint density at radius 1 is 1.52 bits per heavy atom. The second-order valence-electron chi connectivity index (χ2n) is 6.28. The average Bonchev–Trinajstić information content (AvgIpc) is 3.21. The molecule has 1 aliphatic rings. The van der Waals surface area contributed by atoms with Crippen molar-refractivity contribution in [3.63, 3.8) is 0 Å². The Morgan fingerprint density at radius 2 is 2.30 bits per heavy atom. The lowest BCUT2D eigenvalue weighted by molar-refractivity contribution is 0.0906. The van der Waals surface area contributed by atoms with Crippen LogP contribution < -0.4 is 5.32 Å². The number of piperidine rings is 1. The molecule has 23 heavy (non-hydrogen) atoms. The molecule has 2 aromatic rings. The molecule has 1 amide bonds. The highest BCUT2D eigenvalue weighted by molar-refractivity contribution is 7.10. The molecule has 0 bridgehead atoms. The van der Waals surface area contributed by atoms with Crippen LogP contribution in [0.3, 0.4) is 0 Å². The number of hydrogen-bond acceptors (Lipinski definition) is 5. The zero-order valence-electron chi connectivity index (χ0n) is 13.6. The van der Waals surface area contributed by atoms with E-state index in [1.807, 2.05) is 0 Å². The van der Waals surface area contributed by atoms with Gasteiger partial charge in [-0.2, -0.15) is 0 Å². The molecule has 124 valence electrons. The van der Waals surface area contributed by atoms with Gasteiger partial charge in [0.2, 0.25) is 0 Å². The molecular formula is C17H23N3O2S. The second-order valence-corrected chi connectivity index (χ2v) is 7.26. The van der Waals surface area contributed by atoms with Crippen molar-refractivity contribution >= 4 is 17.2 Å². The SMILES string of the molecule is Cc1cc(C(=O)NCC(c2cccs2)N2CCC(C)CC2)no1. The molecule has 1 aliphatic heterocycles. The van der Waals surface area contributed by atoms with Gasteiger partial charge in [0.15, 0.2) is 5.69 Å². The lowest BCUT2D eigenvalue weighted by Gasteiger charge is -2.36. The Morgan fingerprint density at radius 3 is 2.91 bits per heavy atom. The van der Waals surface area contributed by atoms with Crippen LogP contribution in [0.1, 0.15) is 46.9 Å². The molecule has 1 atom stereocenters. The van der Waals surface area contributed by atoms with Crippen molar-refractivity contribution in [1.82, 2.24) is 15.4 Å². The molecule has 5 nitrogen and oxygen atoms in total. The number of carbonyl (C=O) groups excluding carboxylic acids is 1. The fourth-order valence-corrected chi connectivity index (χ4v) is 3.84. The first-order valence-corrected chi connectivity index (χ1v) is 9.00. The molecule has 0 aliphatic carbocycles. The quantitative estimate of drug-likeness (QED) is 0.912. The van der Waals surface area contributed by atoms with Gasteiger partial charge in [0.05, 0.1) is 6.04 Å². The van der Waals surface area contributed by atoms with Crippen LogP contribution in [-0.2, 0) is 0 Å². The Bertz CT molecular complexity index is 630. The third kappa shape index (κ3) is 4.00. The molecule has 1 unspecified atom stereocenters. The number of thiophene rings is 1. The fourth-order valence-electron chi connectivity index (χ4n) is 2.98. The van der Waals surface area contributed by atoms with Crippen LogP contribution in [-0.4, -0.2) is 35.6 Å². The number of aryl methyl sites for hydroxylation is 1. The molecular weight excluding hydrogens is 310 g/mol. The highest BCUT2D eigenvalue weighted by Crippen LogP contribution is 2.29. The molecule has 1 saturated heterocycles. The summed E-state index contributed by atoms with van der Waals surface area (Å²) in [4.78, 5) is 16.0. The van der Waals surface area contributed by atoms with Crippen molar-refractivity contribution < 1.29 is 9.32 Å². The molecule has 6 heteroatoms. The first-order chi connectivity index (χ1) is 11.1. The van der Waals surface area contributed by atoms with E-state index in [4.69, 9.17) is 4.52 Å². The van der Waals surface area contributed by atoms with E-state index in [1.54, 1.807) is 24.3 Å². The number of aromatic nitrogens is 1. The van der Waals surface area contributed by atoms with Crippen molar-refractivity contribution in [2.45, 2.75) is 32.7 Å². The first kappa shape index (κ1) is 16.2. The molecule has 2 aromatic heterocycles. The van der Waals surface area contributed by atoms with Gasteiger partial charge in [0, 0.05) is 17.5 Å². The third-order valence-electron chi connectivity index (χ3n) is 4.45. The standard InChI is InChI=1S/C17H23N3O2S/c1-12-5-7-20(8-6-12)15(16-4-3-9-23-16)11-18-17(21)14-10-13(2)22-19-14/h3-4,9-10,12,15H,5-8,11H2,1-2H3,(H,18,21). The van der Waals surface area contributed by atoms with Crippen LogP contribution in [0.5, 0.6) is 0 Å². The van der Waals surface area contributed by atoms with Gasteiger partial charge >= 0.3 is 0 Å². The minimum absolute atomic E-state index is 0.172. The number of likely N-dealkylation sites (tertiary alicyclic amines) is 1. The Balaban J connectivity index is 1.66. The van der Waals surface area contributed by atoms with Gasteiger partial charge in [-0.15, -0.1) is 11.3 Å². The normalized spacial score (nSPS) is 18.0. The number of nitrogens with zero attached hydrogens (tertiary/aromatic N) is 2. The minimum Gasteiger partial charge on any atom is -0.361 e. The fraction of sp³-hybridized carbons (Fsp3) is 0.529. The maximum Gasteiger partial charge on any atom is 0.273 e. The zero-order valence-corrected chi connectivity index (χ0v) is 14.4. The van der Waals surface area contributed by atoms with E-state index in [-0.39, 0.29) is 11.9 Å². The van der Waals surface area contributed by atoms with Crippen LogP contribution in [0, 0.1) is 12.8 Å². The summed E-state index contributed by atoms with van der Waals surface area (Å²) >= 11 is 1.75. The summed E-state index contributed by atoms with van der Waals surface area (Å²) in [7, 11) is 0. The lowest BCUT2D eigenvalue weighted by Crippen LogP contribution is -2.41. The summed E-state index contributed by atoms with van der Waals surface area (Å²) < 4.78 is 4.97. The van der Waals surface area contributed by atoms with Crippen molar-refractivity contribution in [1.29, 1.82) is 0 Å². The topological polar surface area (TPSA) is 58.4 Å². The van der Waals surface area contributed by atoms with Gasteiger partial charge in [0.1, 0.15) is 5.76 Å². The van der Waals surface area contributed by atoms with Crippen LogP contribution >= 0.6 is 11.3 Å². The molecule has 0 aromatic carbocycles. The zero-order chi connectivity index (χ0) is 16.2. The van der Waals surface area contributed by atoms with Crippen molar-refractivity contribution in [2.75, 3.05) is 19.6 Å². The van der Waals surface area contributed by atoms with Crippen molar-refractivity contribution in [3.8, 4) is 0 Å². The highest BCUT2D eigenvalue weighted by atomic mass is 32.1. The summed E-state index contributed by atoms with van der Waals surface area (Å²) in [6.07, 6.45) is 2.44. The van der Waals surface area contributed by atoms with Gasteiger partial charge in [-0.05, 0) is 50.2 Å². The van der Waals surface area contributed by atoms with Crippen LogP contribution in [0.4, 0.5) is 0 Å². The monoisotopic (exact) mass is 333 g/mol. The summed E-state index contributed by atoms with van der Waals surface area (Å²) in [5.41, 5.74) is 0.347. The Labute approximate surface area is 140 Å². The van der Waals surface area contributed by atoms with Crippen molar-refractivity contribution in [2.24, 2.45) is 5.92 Å². The number of amides is 1. The van der Waals surface area contributed by atoms with E-state index < -0.39 is 0 Å². The molecule has 3 rings (SSSR count). The highest BCUT2D eigenvalue weighted by Gasteiger charge is 2.26. The summed E-state index contributed by atoms with van der Waals surface area (Å²) in [6, 6.07) is 6.12. The summed E-state index contributed by atoms with van der Waals surface area (Å²) in [5, 5.41) is 8.89. The molecule has 0 spiro atoms. The second kappa shape index (κ2) is 7.27. The van der Waals surface area contributed by atoms with E-state index in [1.165, 1.54) is 17.7 Å². The van der Waals surface area contributed by atoms with Gasteiger partial charge in [-0.25, -0.2) is 0 Å². The van der Waals surface area contributed by atoms with Crippen LogP contribution in [0.2, 0.25) is 0 Å². The molecule has 1 fully saturated rings. The van der Waals surface area contributed by atoms with Gasteiger partial charge < -0.3 is 9.84 Å². The third-order valence-corrected chi connectivity index (χ3v) is 5.42. The van der Waals surface area contributed by atoms with E-state index >= 15 is 0 Å². The minimum atomic E-state index is -0.172.